The number of methoxy groups -OCH3 is 1. The van der Waals surface area contributed by atoms with Gasteiger partial charge in [0.25, 0.3) is 0 Å². The van der Waals surface area contributed by atoms with Crippen LogP contribution in [-0.4, -0.2) is 18.2 Å². The Hall–Kier alpha value is -2.01. The average molecular weight is 263 g/mol. The third-order valence-corrected chi connectivity index (χ3v) is 3.40. The van der Waals surface area contributed by atoms with E-state index in [4.69, 9.17) is 9.84 Å². The van der Waals surface area contributed by atoms with Crippen molar-refractivity contribution in [2.75, 3.05) is 12.4 Å². The second-order valence-electron chi connectivity index (χ2n) is 3.67. The van der Waals surface area contributed by atoms with E-state index in [0.717, 1.165) is 11.3 Å². The summed E-state index contributed by atoms with van der Waals surface area (Å²) in [4.78, 5) is 11.3. The van der Waals surface area contributed by atoms with Crippen molar-refractivity contribution >= 4 is 23.0 Å². The minimum absolute atomic E-state index is 0.337. The van der Waals surface area contributed by atoms with Gasteiger partial charge in [-0.3, -0.25) is 0 Å². The highest BCUT2D eigenvalue weighted by Crippen LogP contribution is 2.23. The fourth-order valence-electron chi connectivity index (χ4n) is 1.55. The van der Waals surface area contributed by atoms with Gasteiger partial charge in [-0.1, -0.05) is 12.1 Å². The van der Waals surface area contributed by atoms with Crippen LogP contribution in [0, 0.1) is 0 Å². The fraction of sp³-hybridized carbons (Fsp3) is 0.154. The summed E-state index contributed by atoms with van der Waals surface area (Å²) >= 11 is 1.22. The number of aromatic carboxylic acids is 1. The van der Waals surface area contributed by atoms with Gasteiger partial charge >= 0.3 is 5.97 Å². The molecule has 2 aromatic rings. The van der Waals surface area contributed by atoms with E-state index in [1.807, 2.05) is 24.3 Å². The SMILES string of the molecule is COc1ccc(CNc2ccsc2C(=O)O)cc1. The summed E-state index contributed by atoms with van der Waals surface area (Å²) in [5, 5.41) is 13.9. The van der Waals surface area contributed by atoms with E-state index in [1.165, 1.54) is 11.3 Å². The topological polar surface area (TPSA) is 58.6 Å². The molecule has 0 unspecified atom stereocenters. The lowest BCUT2D eigenvalue weighted by Gasteiger charge is -2.06. The first kappa shape index (κ1) is 12.4. The summed E-state index contributed by atoms with van der Waals surface area (Å²) in [5.41, 5.74) is 1.72. The van der Waals surface area contributed by atoms with Crippen LogP contribution >= 0.6 is 11.3 Å². The molecule has 0 saturated carbocycles. The van der Waals surface area contributed by atoms with Gasteiger partial charge in [-0.05, 0) is 29.1 Å². The Morgan fingerprint density at radius 1 is 1.33 bits per heavy atom. The van der Waals surface area contributed by atoms with Crippen molar-refractivity contribution in [2.24, 2.45) is 0 Å². The Kier molecular flexibility index (Phi) is 3.84. The molecule has 1 aromatic carbocycles. The molecule has 0 fully saturated rings. The molecule has 0 saturated heterocycles. The fourth-order valence-corrected chi connectivity index (χ4v) is 2.26. The van der Waals surface area contributed by atoms with Crippen LogP contribution in [0.2, 0.25) is 0 Å². The van der Waals surface area contributed by atoms with E-state index in [-0.39, 0.29) is 0 Å². The molecule has 0 radical (unpaired) electrons. The molecule has 1 aromatic heterocycles. The Bertz CT molecular complexity index is 533. The number of thiophene rings is 1. The molecule has 0 aliphatic heterocycles. The van der Waals surface area contributed by atoms with Crippen LogP contribution in [-0.2, 0) is 6.54 Å². The zero-order valence-corrected chi connectivity index (χ0v) is 10.7. The predicted molar refractivity (Wildman–Crippen MR) is 71.6 cm³/mol. The number of nitrogens with one attached hydrogen (secondary N) is 1. The number of carboxylic acid groups (broad SMARTS) is 1. The monoisotopic (exact) mass is 263 g/mol. The molecule has 0 bridgehead atoms. The van der Waals surface area contributed by atoms with E-state index in [1.54, 1.807) is 18.6 Å². The second-order valence-corrected chi connectivity index (χ2v) is 4.59. The lowest BCUT2D eigenvalue weighted by atomic mass is 10.2. The van der Waals surface area contributed by atoms with Crippen molar-refractivity contribution in [3.05, 3.63) is 46.2 Å². The van der Waals surface area contributed by atoms with E-state index < -0.39 is 5.97 Å². The average Bonchev–Trinajstić information content (AvgIpc) is 2.85. The van der Waals surface area contributed by atoms with Crippen molar-refractivity contribution < 1.29 is 14.6 Å². The molecule has 4 nitrogen and oxygen atoms in total. The summed E-state index contributed by atoms with van der Waals surface area (Å²) < 4.78 is 5.07. The second kappa shape index (κ2) is 5.55. The molecule has 0 atom stereocenters. The molecular formula is C13H13NO3S. The van der Waals surface area contributed by atoms with Crippen LogP contribution in [0.15, 0.2) is 35.7 Å². The smallest absolute Gasteiger partial charge is 0.348 e. The Morgan fingerprint density at radius 2 is 2.06 bits per heavy atom. The van der Waals surface area contributed by atoms with E-state index in [0.29, 0.717) is 17.1 Å². The highest BCUT2D eigenvalue weighted by molar-refractivity contribution is 7.12. The Balaban J connectivity index is 2.02. The standard InChI is InChI=1S/C13H13NO3S/c1-17-10-4-2-9(3-5-10)8-14-11-6-7-18-12(11)13(15)16/h2-7,14H,8H2,1H3,(H,15,16). The third-order valence-electron chi connectivity index (χ3n) is 2.50. The van der Waals surface area contributed by atoms with Crippen molar-refractivity contribution in [1.82, 2.24) is 0 Å². The lowest BCUT2D eigenvalue weighted by Crippen LogP contribution is -2.03. The Labute approximate surface area is 109 Å². The summed E-state index contributed by atoms with van der Waals surface area (Å²) in [6.45, 7) is 0.584. The first-order valence-corrected chi connectivity index (χ1v) is 6.26. The number of benzene rings is 1. The molecule has 94 valence electrons. The predicted octanol–water partition coefficient (Wildman–Crippen LogP) is 3.07. The number of carboxylic acids is 1. The number of carbonyl (C=O) groups is 1. The minimum Gasteiger partial charge on any atom is -0.497 e. The van der Waals surface area contributed by atoms with Crippen molar-refractivity contribution in [3.8, 4) is 5.75 Å². The highest BCUT2D eigenvalue weighted by Gasteiger charge is 2.10. The van der Waals surface area contributed by atoms with E-state index in [9.17, 15) is 4.79 Å². The van der Waals surface area contributed by atoms with Gasteiger partial charge in [-0.15, -0.1) is 11.3 Å². The summed E-state index contributed by atoms with van der Waals surface area (Å²) in [6, 6.07) is 9.42. The highest BCUT2D eigenvalue weighted by atomic mass is 32.1. The van der Waals surface area contributed by atoms with Crippen LogP contribution in [0.25, 0.3) is 0 Å². The number of hydrogen-bond acceptors (Lipinski definition) is 4. The van der Waals surface area contributed by atoms with Crippen LogP contribution in [0.1, 0.15) is 15.2 Å². The maximum Gasteiger partial charge on any atom is 0.348 e. The van der Waals surface area contributed by atoms with Gasteiger partial charge in [0.1, 0.15) is 10.6 Å². The number of ether oxygens (including phenoxy) is 1. The van der Waals surface area contributed by atoms with Crippen LogP contribution in [0.4, 0.5) is 5.69 Å². The van der Waals surface area contributed by atoms with Gasteiger partial charge in [-0.25, -0.2) is 4.79 Å². The Morgan fingerprint density at radius 3 is 2.67 bits per heavy atom. The molecule has 0 aliphatic carbocycles. The lowest BCUT2D eigenvalue weighted by molar-refractivity contribution is 0.0703. The normalized spacial score (nSPS) is 10.1. The summed E-state index contributed by atoms with van der Waals surface area (Å²) in [7, 11) is 1.62. The maximum absolute atomic E-state index is 10.9. The number of anilines is 1. The zero-order chi connectivity index (χ0) is 13.0. The molecule has 5 heteroatoms. The van der Waals surface area contributed by atoms with Crippen LogP contribution in [0.5, 0.6) is 5.75 Å². The molecule has 1 heterocycles. The van der Waals surface area contributed by atoms with Crippen molar-refractivity contribution in [3.63, 3.8) is 0 Å². The van der Waals surface area contributed by atoms with Gasteiger partial charge < -0.3 is 15.2 Å². The summed E-state index contributed by atoms with van der Waals surface area (Å²) in [5.74, 6) is -0.0947. The van der Waals surface area contributed by atoms with Gasteiger partial charge in [0, 0.05) is 6.54 Å². The first-order chi connectivity index (χ1) is 8.70. The summed E-state index contributed by atoms with van der Waals surface area (Å²) in [6.07, 6.45) is 0. The van der Waals surface area contributed by atoms with Crippen molar-refractivity contribution in [2.45, 2.75) is 6.54 Å². The molecule has 18 heavy (non-hydrogen) atoms. The number of rotatable bonds is 5. The molecule has 2 N–H and O–H groups in total. The van der Waals surface area contributed by atoms with Gasteiger partial charge in [0.2, 0.25) is 0 Å². The zero-order valence-electron chi connectivity index (χ0n) is 9.84. The maximum atomic E-state index is 10.9. The quantitative estimate of drug-likeness (QED) is 0.870. The molecule has 0 aliphatic rings. The third kappa shape index (κ3) is 2.81. The van der Waals surface area contributed by atoms with Crippen LogP contribution < -0.4 is 10.1 Å². The number of hydrogen-bond donors (Lipinski definition) is 2. The molecule has 0 amide bonds. The molecule has 0 spiro atoms. The van der Waals surface area contributed by atoms with E-state index in [2.05, 4.69) is 5.32 Å². The van der Waals surface area contributed by atoms with E-state index >= 15 is 0 Å². The van der Waals surface area contributed by atoms with Gasteiger partial charge in [0.05, 0.1) is 12.8 Å². The minimum atomic E-state index is -0.901. The van der Waals surface area contributed by atoms with Gasteiger partial charge in [-0.2, -0.15) is 0 Å². The van der Waals surface area contributed by atoms with Gasteiger partial charge in [0.15, 0.2) is 0 Å². The molecular weight excluding hydrogens is 250 g/mol. The molecule has 2 rings (SSSR count). The van der Waals surface area contributed by atoms with Crippen molar-refractivity contribution in [1.29, 1.82) is 0 Å². The first-order valence-electron chi connectivity index (χ1n) is 5.38. The van der Waals surface area contributed by atoms with Crippen LogP contribution in [0.3, 0.4) is 0 Å². The largest absolute Gasteiger partial charge is 0.497 e.